The number of aryl methyl sites for hydroxylation is 2. The van der Waals surface area contributed by atoms with Crippen molar-refractivity contribution >= 4 is 23.1 Å². The third-order valence-corrected chi connectivity index (χ3v) is 6.18. The van der Waals surface area contributed by atoms with Crippen LogP contribution in [0.5, 0.6) is 11.5 Å². The van der Waals surface area contributed by atoms with Gasteiger partial charge in [-0.3, -0.25) is 14.5 Å². The van der Waals surface area contributed by atoms with E-state index in [-0.39, 0.29) is 17.4 Å². The van der Waals surface area contributed by atoms with E-state index in [9.17, 15) is 14.7 Å². The molecule has 0 saturated carbocycles. The largest absolute Gasteiger partial charge is 0.507 e. The summed E-state index contributed by atoms with van der Waals surface area (Å²) in [5.41, 5.74) is 3.74. The van der Waals surface area contributed by atoms with Crippen LogP contribution in [0.15, 0.2) is 72.3 Å². The summed E-state index contributed by atoms with van der Waals surface area (Å²) in [5.74, 6) is -0.504. The molecule has 1 saturated heterocycles. The molecule has 0 spiro atoms. The number of hydrogen-bond donors (Lipinski definition) is 1. The highest BCUT2D eigenvalue weighted by Crippen LogP contribution is 2.43. The Balaban J connectivity index is 1.93. The Morgan fingerprint density at radius 2 is 1.67 bits per heavy atom. The molecular weight excluding hydrogens is 454 g/mol. The molecule has 1 heterocycles. The molecule has 0 aromatic heterocycles. The van der Waals surface area contributed by atoms with Gasteiger partial charge in [0.15, 0.2) is 0 Å². The van der Waals surface area contributed by atoms with E-state index in [0.717, 1.165) is 11.1 Å². The average Bonchev–Trinajstić information content (AvgIpc) is 3.11. The van der Waals surface area contributed by atoms with E-state index >= 15 is 0 Å². The van der Waals surface area contributed by atoms with Crippen molar-refractivity contribution in [3.63, 3.8) is 0 Å². The van der Waals surface area contributed by atoms with Crippen molar-refractivity contribution in [2.45, 2.75) is 46.8 Å². The van der Waals surface area contributed by atoms with E-state index < -0.39 is 17.7 Å². The lowest BCUT2D eigenvalue weighted by Gasteiger charge is -2.26. The van der Waals surface area contributed by atoms with Crippen LogP contribution in [0, 0.1) is 13.8 Å². The fraction of sp³-hybridized carbons (Fsp3) is 0.267. The first kappa shape index (κ1) is 25.0. The van der Waals surface area contributed by atoms with Crippen LogP contribution in [0.2, 0.25) is 0 Å². The number of benzene rings is 3. The molecule has 1 amide bonds. The van der Waals surface area contributed by atoms with E-state index in [1.165, 1.54) is 4.90 Å². The molecule has 36 heavy (non-hydrogen) atoms. The minimum absolute atomic E-state index is 0.0218. The van der Waals surface area contributed by atoms with Gasteiger partial charge in [0.1, 0.15) is 17.3 Å². The molecule has 0 aliphatic carbocycles. The summed E-state index contributed by atoms with van der Waals surface area (Å²) in [6, 6.07) is 19.0. The highest BCUT2D eigenvalue weighted by Gasteiger charge is 2.47. The summed E-state index contributed by atoms with van der Waals surface area (Å²) in [6.07, 6.45) is -0.0485. The molecule has 1 atom stereocenters. The zero-order valence-electron chi connectivity index (χ0n) is 21.2. The maximum atomic E-state index is 13.4. The lowest BCUT2D eigenvalue weighted by Crippen LogP contribution is -2.29. The average molecular weight is 486 g/mol. The number of carbonyl (C=O) groups is 2. The van der Waals surface area contributed by atoms with Gasteiger partial charge in [0, 0.05) is 11.3 Å². The Morgan fingerprint density at radius 1 is 0.944 bits per heavy atom. The molecule has 3 aromatic carbocycles. The van der Waals surface area contributed by atoms with Crippen molar-refractivity contribution in [2.75, 3.05) is 11.5 Å². The number of ketones is 1. The van der Waals surface area contributed by atoms with Crippen LogP contribution in [0.25, 0.3) is 5.76 Å². The van der Waals surface area contributed by atoms with Crippen LogP contribution >= 0.6 is 0 Å². The van der Waals surface area contributed by atoms with Gasteiger partial charge in [-0.05, 0) is 87.7 Å². The number of amides is 1. The van der Waals surface area contributed by atoms with Gasteiger partial charge in [-0.15, -0.1) is 0 Å². The fourth-order valence-corrected chi connectivity index (χ4v) is 4.38. The Morgan fingerprint density at radius 3 is 2.36 bits per heavy atom. The SMILES string of the molecule is CCOc1cccc(/C(O)=C2\C(=O)C(=O)N(c3ccc(C)c(C)c3)C2c2cccc(OC(C)C)c2)c1. The summed E-state index contributed by atoms with van der Waals surface area (Å²) in [7, 11) is 0. The maximum Gasteiger partial charge on any atom is 0.300 e. The quantitative estimate of drug-likeness (QED) is 0.248. The molecule has 1 N–H and O–H groups in total. The number of anilines is 1. The van der Waals surface area contributed by atoms with E-state index in [0.29, 0.717) is 34.9 Å². The number of aliphatic hydroxyl groups excluding tert-OH is 1. The van der Waals surface area contributed by atoms with Crippen molar-refractivity contribution in [2.24, 2.45) is 0 Å². The van der Waals surface area contributed by atoms with Crippen molar-refractivity contribution in [1.82, 2.24) is 0 Å². The number of ether oxygens (including phenoxy) is 2. The molecule has 6 heteroatoms. The molecule has 0 radical (unpaired) electrons. The van der Waals surface area contributed by atoms with Crippen LogP contribution in [-0.2, 0) is 9.59 Å². The van der Waals surface area contributed by atoms with Crippen LogP contribution in [0.3, 0.4) is 0 Å². The number of carbonyl (C=O) groups excluding carboxylic acids is 2. The van der Waals surface area contributed by atoms with Crippen LogP contribution in [0.4, 0.5) is 5.69 Å². The molecule has 4 rings (SSSR count). The van der Waals surface area contributed by atoms with Crippen molar-refractivity contribution < 1.29 is 24.2 Å². The molecule has 0 bridgehead atoms. The second-order valence-corrected chi connectivity index (χ2v) is 9.14. The Labute approximate surface area is 211 Å². The smallest absolute Gasteiger partial charge is 0.300 e. The zero-order valence-corrected chi connectivity index (χ0v) is 21.2. The van der Waals surface area contributed by atoms with Crippen molar-refractivity contribution in [1.29, 1.82) is 0 Å². The predicted octanol–water partition coefficient (Wildman–Crippen LogP) is 6.12. The predicted molar refractivity (Wildman–Crippen MR) is 141 cm³/mol. The lowest BCUT2D eigenvalue weighted by molar-refractivity contribution is -0.132. The number of aliphatic hydroxyl groups is 1. The molecular formula is C30H31NO5. The van der Waals surface area contributed by atoms with E-state index in [1.807, 2.05) is 77.1 Å². The lowest BCUT2D eigenvalue weighted by atomic mass is 9.94. The van der Waals surface area contributed by atoms with E-state index in [4.69, 9.17) is 9.47 Å². The normalized spacial score (nSPS) is 17.1. The minimum Gasteiger partial charge on any atom is -0.507 e. The maximum absolute atomic E-state index is 13.4. The molecule has 3 aromatic rings. The summed E-state index contributed by atoms with van der Waals surface area (Å²) in [4.78, 5) is 28.3. The second kappa shape index (κ2) is 10.3. The standard InChI is InChI=1S/C30H31NO5/c1-6-35-24-11-8-10-22(17-24)28(32)26-27(21-9-7-12-25(16-21)36-18(2)3)31(30(34)29(26)33)23-14-13-19(4)20(5)15-23/h7-18,27,32H,6H2,1-5H3/b28-26+. The molecule has 6 nitrogen and oxygen atoms in total. The monoisotopic (exact) mass is 485 g/mol. The third kappa shape index (κ3) is 4.85. The Hall–Kier alpha value is -4.06. The van der Waals surface area contributed by atoms with Gasteiger partial charge in [-0.2, -0.15) is 0 Å². The summed E-state index contributed by atoms with van der Waals surface area (Å²) >= 11 is 0. The van der Waals surface area contributed by atoms with Gasteiger partial charge in [0.05, 0.1) is 24.3 Å². The number of nitrogens with zero attached hydrogens (tertiary/aromatic N) is 1. The first-order valence-electron chi connectivity index (χ1n) is 12.1. The second-order valence-electron chi connectivity index (χ2n) is 9.14. The van der Waals surface area contributed by atoms with Gasteiger partial charge in [-0.25, -0.2) is 0 Å². The Bertz CT molecular complexity index is 1340. The third-order valence-electron chi connectivity index (χ3n) is 6.18. The topological polar surface area (TPSA) is 76.1 Å². The zero-order chi connectivity index (χ0) is 26.0. The minimum atomic E-state index is -0.835. The number of hydrogen-bond acceptors (Lipinski definition) is 5. The summed E-state index contributed by atoms with van der Waals surface area (Å²) < 4.78 is 11.5. The first-order chi connectivity index (χ1) is 17.2. The number of Topliss-reactive ketones (excluding diaryl/α,β-unsaturated/α-hetero) is 1. The molecule has 186 valence electrons. The van der Waals surface area contributed by atoms with E-state index in [2.05, 4.69) is 0 Å². The van der Waals surface area contributed by atoms with Gasteiger partial charge in [0.25, 0.3) is 11.7 Å². The summed E-state index contributed by atoms with van der Waals surface area (Å²) in [6.45, 7) is 10.1. The number of rotatable bonds is 7. The van der Waals surface area contributed by atoms with Crippen LogP contribution in [-0.4, -0.2) is 29.5 Å². The van der Waals surface area contributed by atoms with Crippen molar-refractivity contribution in [3.8, 4) is 11.5 Å². The Kier molecular flexibility index (Phi) is 7.15. The van der Waals surface area contributed by atoms with Gasteiger partial charge >= 0.3 is 0 Å². The van der Waals surface area contributed by atoms with Gasteiger partial charge < -0.3 is 14.6 Å². The molecule has 1 unspecified atom stereocenters. The van der Waals surface area contributed by atoms with E-state index in [1.54, 1.807) is 24.3 Å². The highest BCUT2D eigenvalue weighted by molar-refractivity contribution is 6.51. The van der Waals surface area contributed by atoms with Crippen LogP contribution in [0.1, 0.15) is 49.1 Å². The first-order valence-corrected chi connectivity index (χ1v) is 12.1. The van der Waals surface area contributed by atoms with Crippen molar-refractivity contribution in [3.05, 3.63) is 94.6 Å². The molecule has 1 fully saturated rings. The molecule has 1 aliphatic heterocycles. The summed E-state index contributed by atoms with van der Waals surface area (Å²) in [5, 5.41) is 11.4. The van der Waals surface area contributed by atoms with Crippen LogP contribution < -0.4 is 14.4 Å². The van der Waals surface area contributed by atoms with Gasteiger partial charge in [-0.1, -0.05) is 30.3 Å². The van der Waals surface area contributed by atoms with Gasteiger partial charge in [0.2, 0.25) is 0 Å². The fourth-order valence-electron chi connectivity index (χ4n) is 4.38. The molecule has 1 aliphatic rings. The highest BCUT2D eigenvalue weighted by atomic mass is 16.5.